The summed E-state index contributed by atoms with van der Waals surface area (Å²) in [6.45, 7) is 8.90. The molecule has 2 saturated carbocycles. The first-order valence-electron chi connectivity index (χ1n) is 9.53. The van der Waals surface area contributed by atoms with E-state index < -0.39 is 0 Å². The molecule has 4 rings (SSSR count). The van der Waals surface area contributed by atoms with Gasteiger partial charge in [-0.2, -0.15) is 0 Å². The van der Waals surface area contributed by atoms with Crippen molar-refractivity contribution in [3.63, 3.8) is 0 Å². The zero-order chi connectivity index (χ0) is 14.2. The van der Waals surface area contributed by atoms with Crippen LogP contribution in [0.15, 0.2) is 0 Å². The first kappa shape index (κ1) is 14.5. The number of nitrogens with zero attached hydrogens (tertiary/aromatic N) is 2. The minimum Gasteiger partial charge on any atom is -0.312 e. The predicted octanol–water partition coefficient (Wildman–Crippen LogP) is 2.32. The summed E-state index contributed by atoms with van der Waals surface area (Å²) in [5.41, 5.74) is 0. The third-order valence-electron chi connectivity index (χ3n) is 6.36. The summed E-state index contributed by atoms with van der Waals surface area (Å²) in [5.74, 6) is 2.07. The number of nitrogens with one attached hydrogen (secondary N) is 1. The van der Waals surface area contributed by atoms with Crippen LogP contribution in [0.5, 0.6) is 0 Å². The molecule has 0 spiro atoms. The largest absolute Gasteiger partial charge is 0.312 e. The summed E-state index contributed by atoms with van der Waals surface area (Å²) < 4.78 is 0. The zero-order valence-corrected chi connectivity index (χ0v) is 13.8. The molecule has 2 heterocycles. The number of rotatable bonds is 6. The molecule has 120 valence electrons. The Hall–Kier alpha value is -0.120. The van der Waals surface area contributed by atoms with Gasteiger partial charge in [-0.15, -0.1) is 0 Å². The maximum atomic E-state index is 3.93. The highest BCUT2D eigenvalue weighted by molar-refractivity contribution is 4.96. The quantitative estimate of drug-likeness (QED) is 0.810. The summed E-state index contributed by atoms with van der Waals surface area (Å²) >= 11 is 0. The van der Waals surface area contributed by atoms with Gasteiger partial charge in [0.25, 0.3) is 0 Å². The van der Waals surface area contributed by atoms with Crippen molar-refractivity contribution in [1.29, 1.82) is 0 Å². The second-order valence-electron chi connectivity index (χ2n) is 8.14. The highest BCUT2D eigenvalue weighted by atomic mass is 15.3. The fourth-order valence-corrected chi connectivity index (χ4v) is 4.73. The van der Waals surface area contributed by atoms with Gasteiger partial charge in [-0.3, -0.25) is 9.80 Å². The van der Waals surface area contributed by atoms with Crippen molar-refractivity contribution in [1.82, 2.24) is 15.1 Å². The minimum atomic E-state index is 0.751. The van der Waals surface area contributed by atoms with Crippen LogP contribution in [0.1, 0.15) is 51.9 Å². The van der Waals surface area contributed by atoms with Gasteiger partial charge >= 0.3 is 0 Å². The third kappa shape index (κ3) is 3.46. The molecule has 4 fully saturated rings. The van der Waals surface area contributed by atoms with Gasteiger partial charge in [0, 0.05) is 44.3 Å². The topological polar surface area (TPSA) is 18.5 Å². The van der Waals surface area contributed by atoms with Crippen molar-refractivity contribution < 1.29 is 0 Å². The molecule has 3 nitrogen and oxygen atoms in total. The second-order valence-corrected chi connectivity index (χ2v) is 8.14. The van der Waals surface area contributed by atoms with Crippen LogP contribution in [0.3, 0.4) is 0 Å². The third-order valence-corrected chi connectivity index (χ3v) is 6.36. The first-order valence-corrected chi connectivity index (χ1v) is 9.53. The number of piperazine rings is 1. The van der Waals surface area contributed by atoms with Gasteiger partial charge in [-0.25, -0.2) is 0 Å². The summed E-state index contributed by atoms with van der Waals surface area (Å²) in [7, 11) is 0. The maximum absolute atomic E-state index is 3.93. The normalized spacial score (nSPS) is 35.1. The SMILES string of the molecule is CC1CN2CCCCC2CN1CCNC(C1CC1)C1CC1. The Morgan fingerprint density at radius 1 is 1.00 bits per heavy atom. The van der Waals surface area contributed by atoms with E-state index in [9.17, 15) is 0 Å². The zero-order valence-electron chi connectivity index (χ0n) is 13.8. The van der Waals surface area contributed by atoms with Gasteiger partial charge < -0.3 is 5.32 Å². The molecule has 0 bridgehead atoms. The average molecular weight is 291 g/mol. The maximum Gasteiger partial charge on any atom is 0.0223 e. The van der Waals surface area contributed by atoms with Crippen LogP contribution in [-0.2, 0) is 0 Å². The fourth-order valence-electron chi connectivity index (χ4n) is 4.73. The molecule has 4 aliphatic rings. The van der Waals surface area contributed by atoms with Gasteiger partial charge in [0.15, 0.2) is 0 Å². The molecule has 2 unspecified atom stereocenters. The van der Waals surface area contributed by atoms with Crippen LogP contribution in [0.4, 0.5) is 0 Å². The second kappa shape index (κ2) is 6.17. The van der Waals surface area contributed by atoms with Gasteiger partial charge in [-0.1, -0.05) is 6.42 Å². The predicted molar refractivity (Wildman–Crippen MR) is 87.5 cm³/mol. The summed E-state index contributed by atoms with van der Waals surface area (Å²) in [6, 6.07) is 2.48. The van der Waals surface area contributed by atoms with E-state index in [0.717, 1.165) is 30.0 Å². The molecular formula is C18H33N3. The summed E-state index contributed by atoms with van der Waals surface area (Å²) in [4.78, 5) is 5.52. The lowest BCUT2D eigenvalue weighted by Gasteiger charge is -2.47. The molecule has 3 heteroatoms. The molecule has 2 atom stereocenters. The van der Waals surface area contributed by atoms with Crippen LogP contribution in [0.25, 0.3) is 0 Å². The van der Waals surface area contributed by atoms with Crippen molar-refractivity contribution in [2.24, 2.45) is 11.8 Å². The molecule has 0 amide bonds. The van der Waals surface area contributed by atoms with E-state index in [1.807, 2.05) is 0 Å². The van der Waals surface area contributed by atoms with E-state index in [0.29, 0.717) is 0 Å². The molecular weight excluding hydrogens is 258 g/mol. The van der Waals surface area contributed by atoms with E-state index in [1.54, 1.807) is 0 Å². The monoisotopic (exact) mass is 291 g/mol. The van der Waals surface area contributed by atoms with Crippen LogP contribution >= 0.6 is 0 Å². The van der Waals surface area contributed by atoms with Crippen LogP contribution < -0.4 is 5.32 Å². The van der Waals surface area contributed by atoms with Crippen LogP contribution in [0, 0.1) is 11.8 Å². The Labute approximate surface area is 130 Å². The number of piperidine rings is 1. The highest BCUT2D eigenvalue weighted by Gasteiger charge is 2.41. The van der Waals surface area contributed by atoms with Crippen molar-refractivity contribution in [3.8, 4) is 0 Å². The molecule has 0 aromatic heterocycles. The fraction of sp³-hybridized carbons (Fsp3) is 1.00. The Balaban J connectivity index is 1.24. The highest BCUT2D eigenvalue weighted by Crippen LogP contribution is 2.44. The van der Waals surface area contributed by atoms with Gasteiger partial charge in [-0.05, 0) is 63.8 Å². The molecule has 2 aliphatic carbocycles. The molecule has 0 radical (unpaired) electrons. The standard InChI is InChI=1S/C18H33N3/c1-14-12-21-10-3-2-4-17(21)13-20(14)11-9-19-18(15-5-6-15)16-7-8-16/h14-19H,2-13H2,1H3. The lowest BCUT2D eigenvalue weighted by atomic mass is 9.97. The van der Waals surface area contributed by atoms with Gasteiger partial charge in [0.2, 0.25) is 0 Å². The van der Waals surface area contributed by atoms with E-state index in [2.05, 4.69) is 22.0 Å². The molecule has 1 N–H and O–H groups in total. The number of fused-ring (bicyclic) bond motifs is 1. The summed E-state index contributed by atoms with van der Waals surface area (Å²) in [5, 5.41) is 3.93. The van der Waals surface area contributed by atoms with E-state index in [1.165, 1.54) is 77.7 Å². The number of hydrogen-bond donors (Lipinski definition) is 1. The van der Waals surface area contributed by atoms with Gasteiger partial charge in [0.05, 0.1) is 0 Å². The molecule has 2 saturated heterocycles. The summed E-state index contributed by atoms with van der Waals surface area (Å²) in [6.07, 6.45) is 10.3. The van der Waals surface area contributed by atoms with Crippen LogP contribution in [0.2, 0.25) is 0 Å². The molecule has 2 aliphatic heterocycles. The Kier molecular flexibility index (Phi) is 4.25. The smallest absolute Gasteiger partial charge is 0.0223 e. The number of hydrogen-bond acceptors (Lipinski definition) is 3. The lowest BCUT2D eigenvalue weighted by Crippen LogP contribution is -2.59. The van der Waals surface area contributed by atoms with E-state index >= 15 is 0 Å². The van der Waals surface area contributed by atoms with Crippen molar-refractivity contribution in [2.45, 2.75) is 70.0 Å². The molecule has 21 heavy (non-hydrogen) atoms. The first-order chi connectivity index (χ1) is 10.3. The van der Waals surface area contributed by atoms with Gasteiger partial charge in [0.1, 0.15) is 0 Å². The molecule has 0 aromatic carbocycles. The Bertz CT molecular complexity index is 338. The van der Waals surface area contributed by atoms with Crippen molar-refractivity contribution in [3.05, 3.63) is 0 Å². The van der Waals surface area contributed by atoms with Crippen LogP contribution in [-0.4, -0.2) is 60.6 Å². The Morgan fingerprint density at radius 3 is 2.48 bits per heavy atom. The van der Waals surface area contributed by atoms with Crippen molar-refractivity contribution >= 4 is 0 Å². The lowest BCUT2D eigenvalue weighted by molar-refractivity contribution is 0.0156. The molecule has 0 aromatic rings. The minimum absolute atomic E-state index is 0.751. The average Bonchev–Trinajstić information content (AvgIpc) is 3.37. The van der Waals surface area contributed by atoms with Crippen molar-refractivity contribution in [2.75, 3.05) is 32.7 Å². The van der Waals surface area contributed by atoms with E-state index in [-0.39, 0.29) is 0 Å². The van der Waals surface area contributed by atoms with E-state index in [4.69, 9.17) is 0 Å². The Morgan fingerprint density at radius 2 is 1.76 bits per heavy atom.